The summed E-state index contributed by atoms with van der Waals surface area (Å²) in [5.41, 5.74) is 2.13. The summed E-state index contributed by atoms with van der Waals surface area (Å²) in [5.74, 6) is 0.202. The molecule has 7 heteroatoms. The number of thioether (sulfide) groups is 1. The Morgan fingerprint density at radius 1 is 0.926 bits per heavy atom. The van der Waals surface area contributed by atoms with E-state index in [1.54, 1.807) is 0 Å². The van der Waals surface area contributed by atoms with Gasteiger partial charge in [-0.05, 0) is 42.6 Å². The van der Waals surface area contributed by atoms with Gasteiger partial charge in [-0.2, -0.15) is 4.99 Å². The molecular formula is C20H24N4O2S. The molecule has 1 aromatic carbocycles. The van der Waals surface area contributed by atoms with Crippen LogP contribution in [0.2, 0.25) is 0 Å². The van der Waals surface area contributed by atoms with Gasteiger partial charge < -0.3 is 14.7 Å². The fraction of sp³-hybridized carbons (Fsp3) is 0.450. The van der Waals surface area contributed by atoms with Gasteiger partial charge in [0.1, 0.15) is 5.78 Å². The van der Waals surface area contributed by atoms with E-state index in [0.29, 0.717) is 23.5 Å². The van der Waals surface area contributed by atoms with Crippen LogP contribution in [-0.2, 0) is 9.59 Å². The molecule has 1 aromatic rings. The maximum Gasteiger partial charge on any atom is 0.286 e. The summed E-state index contributed by atoms with van der Waals surface area (Å²) in [6.45, 7) is 5.39. The quantitative estimate of drug-likeness (QED) is 0.728. The number of piperidine rings is 1. The first kappa shape index (κ1) is 18.3. The van der Waals surface area contributed by atoms with Crippen LogP contribution in [0.5, 0.6) is 0 Å². The summed E-state index contributed by atoms with van der Waals surface area (Å²) in [6, 6.07) is 8.18. The van der Waals surface area contributed by atoms with Crippen molar-refractivity contribution in [2.24, 2.45) is 4.99 Å². The molecule has 2 saturated heterocycles. The van der Waals surface area contributed by atoms with Gasteiger partial charge in [-0.1, -0.05) is 12.1 Å². The van der Waals surface area contributed by atoms with Gasteiger partial charge in [-0.3, -0.25) is 9.59 Å². The van der Waals surface area contributed by atoms with Crippen LogP contribution in [0.3, 0.4) is 0 Å². The maximum atomic E-state index is 12.3. The van der Waals surface area contributed by atoms with Gasteiger partial charge in [0.2, 0.25) is 0 Å². The van der Waals surface area contributed by atoms with E-state index in [1.807, 2.05) is 18.2 Å². The van der Waals surface area contributed by atoms with Crippen LogP contribution in [0.4, 0.5) is 5.69 Å². The zero-order valence-corrected chi connectivity index (χ0v) is 16.4. The first-order valence-electron chi connectivity index (χ1n) is 9.41. The van der Waals surface area contributed by atoms with Crippen LogP contribution in [0.25, 0.3) is 6.08 Å². The Morgan fingerprint density at radius 3 is 2.26 bits per heavy atom. The number of benzene rings is 1. The number of anilines is 1. The van der Waals surface area contributed by atoms with Gasteiger partial charge in [0.15, 0.2) is 5.17 Å². The largest absolute Gasteiger partial charge is 0.371 e. The molecule has 0 bridgehead atoms. The topological polar surface area (TPSA) is 56.2 Å². The summed E-state index contributed by atoms with van der Waals surface area (Å²) in [6.07, 6.45) is 3.18. The maximum absolute atomic E-state index is 12.3. The summed E-state index contributed by atoms with van der Waals surface area (Å²) in [4.78, 5) is 35.3. The molecule has 0 aliphatic carbocycles. The highest BCUT2D eigenvalue weighted by Crippen LogP contribution is 2.31. The predicted octanol–water partition coefficient (Wildman–Crippen LogP) is 2.07. The molecule has 1 amide bonds. The predicted molar refractivity (Wildman–Crippen MR) is 110 cm³/mol. The van der Waals surface area contributed by atoms with Crippen molar-refractivity contribution in [2.75, 3.05) is 51.2 Å². The lowest BCUT2D eigenvalue weighted by atomic mass is 10.1. The van der Waals surface area contributed by atoms with Crippen molar-refractivity contribution in [1.82, 2.24) is 9.80 Å². The third-order valence-corrected chi connectivity index (χ3v) is 6.30. The van der Waals surface area contributed by atoms with Gasteiger partial charge in [-0.15, -0.1) is 0 Å². The summed E-state index contributed by atoms with van der Waals surface area (Å²) in [7, 11) is 2.11. The summed E-state index contributed by atoms with van der Waals surface area (Å²) in [5, 5.41) is 0.828. The number of hydrogen-bond acceptors (Lipinski definition) is 6. The average Bonchev–Trinajstić information content (AvgIpc) is 3.04. The molecule has 0 spiro atoms. The Kier molecular flexibility index (Phi) is 5.31. The molecule has 3 heterocycles. The zero-order chi connectivity index (χ0) is 18.8. The molecule has 0 saturated carbocycles. The SMILES string of the molecule is CN1CCN(C2=NC(=O)/C(=C\c3ccc(N4CCC(=O)CC4)cc3)S2)CC1. The molecule has 0 radical (unpaired) electrons. The number of amides is 1. The molecule has 0 N–H and O–H groups in total. The second-order valence-corrected chi connectivity index (χ2v) is 8.23. The highest BCUT2D eigenvalue weighted by atomic mass is 32.2. The average molecular weight is 385 g/mol. The van der Waals surface area contributed by atoms with Crippen LogP contribution in [0, 0.1) is 0 Å². The number of likely N-dealkylation sites (N-methyl/N-ethyl adjacent to an activating group) is 1. The molecule has 3 aliphatic heterocycles. The number of ketones is 1. The van der Waals surface area contributed by atoms with E-state index in [9.17, 15) is 9.59 Å². The molecular weight excluding hydrogens is 360 g/mol. The number of rotatable bonds is 2. The lowest BCUT2D eigenvalue weighted by Crippen LogP contribution is -2.46. The Labute approximate surface area is 163 Å². The number of piperazine rings is 1. The number of nitrogens with zero attached hydrogens (tertiary/aromatic N) is 4. The van der Waals surface area contributed by atoms with Crippen LogP contribution in [0.1, 0.15) is 18.4 Å². The van der Waals surface area contributed by atoms with Gasteiger partial charge in [0, 0.05) is 57.8 Å². The van der Waals surface area contributed by atoms with Crippen molar-refractivity contribution in [3.8, 4) is 0 Å². The van der Waals surface area contributed by atoms with E-state index in [-0.39, 0.29) is 5.91 Å². The summed E-state index contributed by atoms with van der Waals surface area (Å²) >= 11 is 1.47. The first-order valence-corrected chi connectivity index (χ1v) is 10.2. The van der Waals surface area contributed by atoms with E-state index in [1.165, 1.54) is 11.8 Å². The number of amidine groups is 1. The minimum absolute atomic E-state index is 0.146. The van der Waals surface area contributed by atoms with E-state index in [4.69, 9.17) is 0 Å². The van der Waals surface area contributed by atoms with E-state index in [2.05, 4.69) is 38.9 Å². The summed E-state index contributed by atoms with van der Waals surface area (Å²) < 4.78 is 0. The lowest BCUT2D eigenvalue weighted by molar-refractivity contribution is -0.119. The van der Waals surface area contributed by atoms with Crippen LogP contribution < -0.4 is 4.90 Å². The van der Waals surface area contributed by atoms with E-state index in [0.717, 1.165) is 55.7 Å². The smallest absolute Gasteiger partial charge is 0.286 e. The van der Waals surface area contributed by atoms with Crippen molar-refractivity contribution < 1.29 is 9.59 Å². The standard InChI is InChI=1S/C20H24N4O2S/c1-22-10-12-24(13-11-22)20-21-19(26)18(27-20)14-15-2-4-16(5-3-15)23-8-6-17(25)7-9-23/h2-5,14H,6-13H2,1H3/b18-14+. The number of Topliss-reactive ketones (excluding diaryl/α,β-unsaturated/α-hetero) is 1. The van der Waals surface area contributed by atoms with Gasteiger partial charge in [-0.25, -0.2) is 0 Å². The molecule has 0 atom stereocenters. The Hall–Kier alpha value is -2.12. The normalized spacial score (nSPS) is 23.3. The highest BCUT2D eigenvalue weighted by molar-refractivity contribution is 8.18. The van der Waals surface area contributed by atoms with Gasteiger partial charge >= 0.3 is 0 Å². The monoisotopic (exact) mass is 384 g/mol. The Bertz CT molecular complexity index is 785. The van der Waals surface area contributed by atoms with Crippen LogP contribution in [0.15, 0.2) is 34.2 Å². The third-order valence-electron chi connectivity index (χ3n) is 5.26. The first-order chi connectivity index (χ1) is 13.1. The van der Waals surface area contributed by atoms with Crippen molar-refractivity contribution >= 4 is 40.4 Å². The number of carbonyl (C=O) groups is 2. The van der Waals surface area contributed by atoms with Crippen molar-refractivity contribution in [3.05, 3.63) is 34.7 Å². The molecule has 0 aromatic heterocycles. The van der Waals surface area contributed by atoms with E-state index < -0.39 is 0 Å². The molecule has 6 nitrogen and oxygen atoms in total. The van der Waals surface area contributed by atoms with Crippen LogP contribution >= 0.6 is 11.8 Å². The van der Waals surface area contributed by atoms with Crippen molar-refractivity contribution in [2.45, 2.75) is 12.8 Å². The molecule has 27 heavy (non-hydrogen) atoms. The third kappa shape index (κ3) is 4.25. The number of carbonyl (C=O) groups excluding carboxylic acids is 2. The highest BCUT2D eigenvalue weighted by Gasteiger charge is 2.27. The minimum Gasteiger partial charge on any atom is -0.371 e. The fourth-order valence-electron chi connectivity index (χ4n) is 3.48. The fourth-order valence-corrected chi connectivity index (χ4v) is 4.44. The van der Waals surface area contributed by atoms with Gasteiger partial charge in [0.05, 0.1) is 4.91 Å². The minimum atomic E-state index is -0.146. The lowest BCUT2D eigenvalue weighted by Gasteiger charge is -2.32. The molecule has 0 unspecified atom stereocenters. The number of aliphatic imine (C=N–C) groups is 1. The van der Waals surface area contributed by atoms with E-state index >= 15 is 0 Å². The molecule has 3 aliphatic rings. The number of hydrogen-bond donors (Lipinski definition) is 0. The second-order valence-electron chi connectivity index (χ2n) is 7.22. The molecule has 2 fully saturated rings. The van der Waals surface area contributed by atoms with Crippen molar-refractivity contribution in [1.29, 1.82) is 0 Å². The second kappa shape index (κ2) is 7.86. The van der Waals surface area contributed by atoms with Crippen LogP contribution in [-0.4, -0.2) is 73.0 Å². The van der Waals surface area contributed by atoms with Gasteiger partial charge in [0.25, 0.3) is 5.91 Å². The Balaban J connectivity index is 1.40. The zero-order valence-electron chi connectivity index (χ0n) is 15.6. The van der Waals surface area contributed by atoms with Crippen molar-refractivity contribution in [3.63, 3.8) is 0 Å². The Morgan fingerprint density at radius 2 is 1.59 bits per heavy atom. The molecule has 4 rings (SSSR count). The molecule has 142 valence electrons.